The predicted molar refractivity (Wildman–Crippen MR) is 81.8 cm³/mol. The van der Waals surface area contributed by atoms with Crippen molar-refractivity contribution < 1.29 is 19.0 Å². The molecule has 1 aliphatic heterocycles. The molecule has 2 atom stereocenters. The van der Waals surface area contributed by atoms with E-state index in [1.165, 1.54) is 6.33 Å². The number of carbonyl (C=O) groups is 1. The first kappa shape index (κ1) is 15.5. The molecular formula is C15H20N4O4. The van der Waals surface area contributed by atoms with Crippen molar-refractivity contribution in [1.29, 1.82) is 0 Å². The van der Waals surface area contributed by atoms with Gasteiger partial charge in [-0.15, -0.1) is 0 Å². The Labute approximate surface area is 133 Å². The highest BCUT2D eigenvalue weighted by molar-refractivity contribution is 5.65. The number of hydrogen-bond acceptors (Lipinski definition) is 7. The van der Waals surface area contributed by atoms with Gasteiger partial charge in [0.2, 0.25) is 0 Å². The molecule has 0 aliphatic carbocycles. The van der Waals surface area contributed by atoms with Gasteiger partial charge in [0, 0.05) is 0 Å². The lowest BCUT2D eigenvalue weighted by Gasteiger charge is -2.14. The van der Waals surface area contributed by atoms with Crippen LogP contribution in [0.1, 0.15) is 38.5 Å². The second kappa shape index (κ2) is 6.41. The van der Waals surface area contributed by atoms with Crippen LogP contribution in [0.2, 0.25) is 0 Å². The third-order valence-electron chi connectivity index (χ3n) is 3.67. The minimum absolute atomic E-state index is 0.110. The van der Waals surface area contributed by atoms with Gasteiger partial charge >= 0.3 is 6.16 Å². The summed E-state index contributed by atoms with van der Waals surface area (Å²) in [6.07, 6.45) is 1.92. The van der Waals surface area contributed by atoms with Crippen LogP contribution in [0.15, 0.2) is 18.5 Å². The van der Waals surface area contributed by atoms with Crippen LogP contribution in [0.3, 0.4) is 0 Å². The first-order valence-corrected chi connectivity index (χ1v) is 7.61. The SMILES string of the molecule is CC(C)OC(=O)OCC1CCC(c2ccc3c(N)ncnn23)O1. The molecule has 1 aliphatic rings. The molecule has 2 aromatic heterocycles. The van der Waals surface area contributed by atoms with Crippen LogP contribution in [0.5, 0.6) is 0 Å². The van der Waals surface area contributed by atoms with E-state index in [4.69, 9.17) is 19.9 Å². The van der Waals surface area contributed by atoms with Crippen molar-refractivity contribution in [3.8, 4) is 0 Å². The van der Waals surface area contributed by atoms with Crippen molar-refractivity contribution in [2.24, 2.45) is 0 Å². The third-order valence-corrected chi connectivity index (χ3v) is 3.67. The molecule has 2 N–H and O–H groups in total. The Balaban J connectivity index is 1.61. The molecule has 3 rings (SSSR count). The van der Waals surface area contributed by atoms with Gasteiger partial charge in [0.05, 0.1) is 17.9 Å². The van der Waals surface area contributed by atoms with Gasteiger partial charge in [-0.05, 0) is 38.8 Å². The second-order valence-electron chi connectivity index (χ2n) is 5.75. The summed E-state index contributed by atoms with van der Waals surface area (Å²) in [6, 6.07) is 3.80. The maximum Gasteiger partial charge on any atom is 0.508 e. The topological polar surface area (TPSA) is 101 Å². The fourth-order valence-electron chi connectivity index (χ4n) is 2.65. The second-order valence-corrected chi connectivity index (χ2v) is 5.75. The molecule has 0 bridgehead atoms. The lowest BCUT2D eigenvalue weighted by atomic mass is 10.1. The third kappa shape index (κ3) is 3.37. The van der Waals surface area contributed by atoms with Crippen LogP contribution in [0.25, 0.3) is 5.52 Å². The zero-order valence-electron chi connectivity index (χ0n) is 13.1. The molecule has 1 fully saturated rings. The highest BCUT2D eigenvalue weighted by atomic mass is 16.7. The molecule has 2 aromatic rings. The summed E-state index contributed by atoms with van der Waals surface area (Å²) < 4.78 is 17.7. The number of nitrogens with zero attached hydrogens (tertiary/aromatic N) is 3. The number of anilines is 1. The minimum Gasteiger partial charge on any atom is -0.432 e. The number of aromatic nitrogens is 3. The molecule has 8 nitrogen and oxygen atoms in total. The van der Waals surface area contributed by atoms with Crippen molar-refractivity contribution >= 4 is 17.5 Å². The standard InChI is InChI=1S/C15H20N4O4/c1-9(2)22-15(20)21-7-10-3-6-13(23-10)11-4-5-12-14(16)17-8-18-19(11)12/h4-5,8-10,13H,3,6-7H2,1-2H3,(H2,16,17,18). The van der Waals surface area contributed by atoms with Gasteiger partial charge in [0.1, 0.15) is 24.6 Å². The first-order valence-electron chi connectivity index (χ1n) is 7.61. The molecule has 0 saturated carbocycles. The molecule has 3 heterocycles. The van der Waals surface area contributed by atoms with Gasteiger partial charge in [0.25, 0.3) is 0 Å². The number of ether oxygens (including phenoxy) is 3. The summed E-state index contributed by atoms with van der Waals surface area (Å²) in [5.74, 6) is 0.431. The molecule has 2 unspecified atom stereocenters. The molecule has 8 heteroatoms. The largest absolute Gasteiger partial charge is 0.508 e. The van der Waals surface area contributed by atoms with Crippen molar-refractivity contribution in [3.63, 3.8) is 0 Å². The van der Waals surface area contributed by atoms with E-state index in [1.54, 1.807) is 18.4 Å². The van der Waals surface area contributed by atoms with Gasteiger partial charge in [0.15, 0.2) is 5.82 Å². The van der Waals surface area contributed by atoms with E-state index in [0.29, 0.717) is 5.82 Å². The Morgan fingerprint density at radius 1 is 1.48 bits per heavy atom. The number of fused-ring (bicyclic) bond motifs is 1. The van der Waals surface area contributed by atoms with Gasteiger partial charge < -0.3 is 19.9 Å². The summed E-state index contributed by atoms with van der Waals surface area (Å²) in [6.45, 7) is 3.73. The van der Waals surface area contributed by atoms with Crippen molar-refractivity contribution in [2.75, 3.05) is 12.3 Å². The summed E-state index contributed by atoms with van der Waals surface area (Å²) >= 11 is 0. The maximum atomic E-state index is 11.4. The predicted octanol–water partition coefficient (Wildman–Crippen LogP) is 2.09. The minimum atomic E-state index is -0.666. The van der Waals surface area contributed by atoms with Crippen LogP contribution < -0.4 is 5.73 Å². The first-order chi connectivity index (χ1) is 11.0. The van der Waals surface area contributed by atoms with Crippen LogP contribution in [-0.2, 0) is 14.2 Å². The summed E-state index contributed by atoms with van der Waals surface area (Å²) in [4.78, 5) is 15.4. The van der Waals surface area contributed by atoms with E-state index >= 15 is 0 Å². The summed E-state index contributed by atoms with van der Waals surface area (Å²) in [7, 11) is 0. The van der Waals surface area contributed by atoms with E-state index in [1.807, 2.05) is 12.1 Å². The molecule has 0 spiro atoms. The summed E-state index contributed by atoms with van der Waals surface area (Å²) in [5.41, 5.74) is 7.51. The molecule has 0 aromatic carbocycles. The summed E-state index contributed by atoms with van der Waals surface area (Å²) in [5, 5.41) is 4.22. The average Bonchev–Trinajstić information content (AvgIpc) is 3.11. The normalized spacial score (nSPS) is 21.0. The van der Waals surface area contributed by atoms with Crippen LogP contribution in [0.4, 0.5) is 10.6 Å². The van der Waals surface area contributed by atoms with E-state index in [-0.39, 0.29) is 24.9 Å². The monoisotopic (exact) mass is 320 g/mol. The van der Waals surface area contributed by atoms with Crippen molar-refractivity contribution in [3.05, 3.63) is 24.2 Å². The van der Waals surface area contributed by atoms with E-state index in [2.05, 4.69) is 10.1 Å². The molecule has 1 saturated heterocycles. The zero-order chi connectivity index (χ0) is 16.4. The van der Waals surface area contributed by atoms with Crippen LogP contribution >= 0.6 is 0 Å². The van der Waals surface area contributed by atoms with Crippen molar-refractivity contribution in [2.45, 2.75) is 45.0 Å². The van der Waals surface area contributed by atoms with Crippen molar-refractivity contribution in [1.82, 2.24) is 14.6 Å². The Kier molecular flexibility index (Phi) is 4.33. The Morgan fingerprint density at radius 2 is 2.30 bits per heavy atom. The highest BCUT2D eigenvalue weighted by Crippen LogP contribution is 2.33. The van der Waals surface area contributed by atoms with Crippen LogP contribution in [0, 0.1) is 0 Å². The smallest absolute Gasteiger partial charge is 0.432 e. The number of hydrogen-bond donors (Lipinski definition) is 1. The Bertz CT molecular complexity index is 700. The number of carbonyl (C=O) groups excluding carboxylic acids is 1. The fraction of sp³-hybridized carbons (Fsp3) is 0.533. The van der Waals surface area contributed by atoms with Gasteiger partial charge in [-0.25, -0.2) is 14.3 Å². The Morgan fingerprint density at radius 3 is 3.09 bits per heavy atom. The fourth-order valence-corrected chi connectivity index (χ4v) is 2.65. The highest BCUT2D eigenvalue weighted by Gasteiger charge is 2.30. The van der Waals surface area contributed by atoms with Gasteiger partial charge in [-0.3, -0.25) is 0 Å². The van der Waals surface area contributed by atoms with Crippen LogP contribution in [-0.4, -0.2) is 39.6 Å². The lowest BCUT2D eigenvalue weighted by Crippen LogP contribution is -2.21. The molecule has 124 valence electrons. The Hall–Kier alpha value is -2.35. The number of rotatable bonds is 4. The quantitative estimate of drug-likeness (QED) is 0.861. The maximum absolute atomic E-state index is 11.4. The number of nitrogens with two attached hydrogens (primary N) is 1. The van der Waals surface area contributed by atoms with E-state index in [0.717, 1.165) is 24.1 Å². The average molecular weight is 320 g/mol. The van der Waals surface area contributed by atoms with E-state index < -0.39 is 6.16 Å². The number of nitrogen functional groups attached to an aromatic ring is 1. The van der Waals surface area contributed by atoms with Gasteiger partial charge in [-0.1, -0.05) is 0 Å². The van der Waals surface area contributed by atoms with Gasteiger partial charge in [-0.2, -0.15) is 5.10 Å². The van der Waals surface area contributed by atoms with E-state index in [9.17, 15) is 4.79 Å². The molecule has 23 heavy (non-hydrogen) atoms. The lowest BCUT2D eigenvalue weighted by molar-refractivity contribution is -0.0236. The molecular weight excluding hydrogens is 300 g/mol. The molecule has 0 amide bonds. The zero-order valence-corrected chi connectivity index (χ0v) is 13.1. The molecule has 0 radical (unpaired) electrons.